The number of amides is 1. The van der Waals surface area contributed by atoms with Crippen molar-refractivity contribution >= 4 is 17.5 Å². The molecule has 1 aromatic rings. The Hall–Kier alpha value is -1.06. The van der Waals surface area contributed by atoms with Crippen LogP contribution in [0.2, 0.25) is 5.02 Å². The molecule has 3 N–H and O–H groups in total. The fraction of sp³-hybridized carbons (Fsp3) is 0.500. The first-order chi connectivity index (χ1) is 8.49. The molecule has 4 heteroatoms. The fourth-order valence-corrected chi connectivity index (χ4v) is 1.77. The molecule has 100 valence electrons. The number of carbonyl (C=O) groups excluding carboxylic acids is 1. The fourth-order valence-electron chi connectivity index (χ4n) is 1.56. The van der Waals surface area contributed by atoms with Gasteiger partial charge in [0.15, 0.2) is 0 Å². The minimum absolute atomic E-state index is 0.0122. The Morgan fingerprint density at radius 3 is 2.78 bits per heavy atom. The molecule has 0 heterocycles. The minimum Gasteiger partial charge on any atom is -0.356 e. The molecule has 0 aliphatic rings. The van der Waals surface area contributed by atoms with Gasteiger partial charge in [-0.15, -0.1) is 0 Å². The van der Waals surface area contributed by atoms with Crippen LogP contribution in [0.1, 0.15) is 25.8 Å². The maximum atomic E-state index is 11.6. The van der Waals surface area contributed by atoms with Gasteiger partial charge in [0.2, 0.25) is 5.91 Å². The Morgan fingerprint density at radius 1 is 1.44 bits per heavy atom. The van der Waals surface area contributed by atoms with Crippen molar-refractivity contribution in [2.75, 3.05) is 6.54 Å². The Labute approximate surface area is 114 Å². The topological polar surface area (TPSA) is 55.1 Å². The average molecular weight is 269 g/mol. The quantitative estimate of drug-likeness (QED) is 0.832. The Kier molecular flexibility index (Phi) is 6.16. The van der Waals surface area contributed by atoms with E-state index in [0.29, 0.717) is 18.9 Å². The van der Waals surface area contributed by atoms with Crippen LogP contribution in [0.25, 0.3) is 0 Å². The van der Waals surface area contributed by atoms with E-state index in [4.69, 9.17) is 17.3 Å². The van der Waals surface area contributed by atoms with E-state index in [1.54, 1.807) is 0 Å². The van der Waals surface area contributed by atoms with E-state index in [9.17, 15) is 4.79 Å². The first-order valence-corrected chi connectivity index (χ1v) is 6.63. The second-order valence-corrected chi connectivity index (χ2v) is 5.28. The van der Waals surface area contributed by atoms with Gasteiger partial charge in [0.25, 0.3) is 0 Å². The molecule has 1 atom stereocenters. The Balaban J connectivity index is 2.27. The van der Waals surface area contributed by atoms with E-state index < -0.39 is 0 Å². The van der Waals surface area contributed by atoms with Crippen molar-refractivity contribution in [3.05, 3.63) is 34.9 Å². The van der Waals surface area contributed by atoms with Gasteiger partial charge in [-0.25, -0.2) is 0 Å². The molecule has 1 aromatic carbocycles. The lowest BCUT2D eigenvalue weighted by molar-refractivity contribution is -0.121. The van der Waals surface area contributed by atoms with E-state index in [0.717, 1.165) is 17.0 Å². The molecule has 0 aromatic heterocycles. The maximum Gasteiger partial charge on any atom is 0.221 e. The molecule has 0 bridgehead atoms. The SMILES string of the molecule is CC(C)C(N)CC(=O)NCCc1cccc(Cl)c1. The van der Waals surface area contributed by atoms with Gasteiger partial charge in [-0.2, -0.15) is 0 Å². The summed E-state index contributed by atoms with van der Waals surface area (Å²) >= 11 is 5.89. The van der Waals surface area contributed by atoms with Gasteiger partial charge in [0.05, 0.1) is 0 Å². The maximum absolute atomic E-state index is 11.6. The normalized spacial score (nSPS) is 12.5. The molecule has 0 saturated heterocycles. The predicted molar refractivity (Wildman–Crippen MR) is 75.6 cm³/mol. The van der Waals surface area contributed by atoms with Gasteiger partial charge >= 0.3 is 0 Å². The van der Waals surface area contributed by atoms with Crippen LogP contribution in [0, 0.1) is 5.92 Å². The van der Waals surface area contributed by atoms with E-state index in [2.05, 4.69) is 5.32 Å². The number of nitrogens with one attached hydrogen (secondary N) is 1. The van der Waals surface area contributed by atoms with Gasteiger partial charge in [-0.1, -0.05) is 37.6 Å². The Morgan fingerprint density at radius 2 is 2.17 bits per heavy atom. The lowest BCUT2D eigenvalue weighted by Crippen LogP contribution is -2.35. The number of rotatable bonds is 6. The molecule has 1 amide bonds. The smallest absolute Gasteiger partial charge is 0.221 e. The summed E-state index contributed by atoms with van der Waals surface area (Å²) < 4.78 is 0. The second-order valence-electron chi connectivity index (χ2n) is 4.84. The molecule has 0 saturated carbocycles. The summed E-state index contributed by atoms with van der Waals surface area (Å²) in [6.07, 6.45) is 1.16. The minimum atomic E-state index is -0.0730. The molecule has 0 fully saturated rings. The molecule has 0 aliphatic carbocycles. The van der Waals surface area contributed by atoms with Crippen LogP contribution in [0.15, 0.2) is 24.3 Å². The highest BCUT2D eigenvalue weighted by molar-refractivity contribution is 6.30. The summed E-state index contributed by atoms with van der Waals surface area (Å²) in [5, 5.41) is 3.60. The van der Waals surface area contributed by atoms with Crippen molar-refractivity contribution in [1.82, 2.24) is 5.32 Å². The van der Waals surface area contributed by atoms with Crippen LogP contribution >= 0.6 is 11.6 Å². The molecule has 18 heavy (non-hydrogen) atoms. The molecule has 1 unspecified atom stereocenters. The monoisotopic (exact) mass is 268 g/mol. The molecular formula is C14H21ClN2O. The summed E-state index contributed by atoms with van der Waals surface area (Å²) in [6, 6.07) is 7.58. The molecule has 0 aliphatic heterocycles. The van der Waals surface area contributed by atoms with Crippen molar-refractivity contribution in [1.29, 1.82) is 0 Å². The van der Waals surface area contributed by atoms with E-state index in [-0.39, 0.29) is 11.9 Å². The van der Waals surface area contributed by atoms with Crippen molar-refractivity contribution in [2.24, 2.45) is 11.7 Å². The third-order valence-corrected chi connectivity index (χ3v) is 3.14. The summed E-state index contributed by atoms with van der Waals surface area (Å²) in [4.78, 5) is 11.6. The third kappa shape index (κ3) is 5.52. The van der Waals surface area contributed by atoms with Crippen molar-refractivity contribution in [3.63, 3.8) is 0 Å². The highest BCUT2D eigenvalue weighted by atomic mass is 35.5. The molecule has 0 spiro atoms. The average Bonchev–Trinajstić information content (AvgIpc) is 2.28. The highest BCUT2D eigenvalue weighted by Gasteiger charge is 2.12. The number of carbonyl (C=O) groups is 1. The Bertz CT molecular complexity index is 393. The summed E-state index contributed by atoms with van der Waals surface area (Å²) in [5.74, 6) is 0.335. The number of halogens is 1. The number of hydrogen-bond acceptors (Lipinski definition) is 2. The standard InChI is InChI=1S/C14H21ClN2O/c1-10(2)13(16)9-14(18)17-7-6-11-4-3-5-12(15)8-11/h3-5,8,10,13H,6-7,9,16H2,1-2H3,(H,17,18). The van der Waals surface area contributed by atoms with Gasteiger partial charge in [0.1, 0.15) is 0 Å². The molecule has 3 nitrogen and oxygen atoms in total. The third-order valence-electron chi connectivity index (χ3n) is 2.90. The van der Waals surface area contributed by atoms with Gasteiger partial charge < -0.3 is 11.1 Å². The van der Waals surface area contributed by atoms with Crippen LogP contribution < -0.4 is 11.1 Å². The lowest BCUT2D eigenvalue weighted by Gasteiger charge is -2.15. The molecule has 0 radical (unpaired) electrons. The van der Waals surface area contributed by atoms with Crippen LogP contribution in [0.4, 0.5) is 0 Å². The zero-order valence-electron chi connectivity index (χ0n) is 10.9. The van der Waals surface area contributed by atoms with Crippen LogP contribution in [0.5, 0.6) is 0 Å². The van der Waals surface area contributed by atoms with Crippen molar-refractivity contribution < 1.29 is 4.79 Å². The van der Waals surface area contributed by atoms with Crippen LogP contribution in [0.3, 0.4) is 0 Å². The van der Waals surface area contributed by atoms with Crippen molar-refractivity contribution in [2.45, 2.75) is 32.7 Å². The van der Waals surface area contributed by atoms with E-state index in [1.165, 1.54) is 0 Å². The van der Waals surface area contributed by atoms with E-state index >= 15 is 0 Å². The lowest BCUT2D eigenvalue weighted by atomic mass is 10.0. The molecule has 1 rings (SSSR count). The van der Waals surface area contributed by atoms with Crippen LogP contribution in [-0.2, 0) is 11.2 Å². The predicted octanol–water partition coefficient (Wildman–Crippen LogP) is 2.37. The van der Waals surface area contributed by atoms with Crippen molar-refractivity contribution in [3.8, 4) is 0 Å². The van der Waals surface area contributed by atoms with E-state index in [1.807, 2.05) is 38.1 Å². The number of hydrogen-bond donors (Lipinski definition) is 2. The van der Waals surface area contributed by atoms with Gasteiger partial charge in [0, 0.05) is 24.0 Å². The summed E-state index contributed by atoms with van der Waals surface area (Å²) in [6.45, 7) is 4.65. The first kappa shape index (κ1) is 15.0. The van der Waals surface area contributed by atoms with Gasteiger partial charge in [-0.3, -0.25) is 4.79 Å². The summed E-state index contributed by atoms with van der Waals surface area (Å²) in [7, 11) is 0. The number of nitrogens with two attached hydrogens (primary N) is 1. The second kappa shape index (κ2) is 7.39. The zero-order valence-corrected chi connectivity index (χ0v) is 11.7. The zero-order chi connectivity index (χ0) is 13.5. The van der Waals surface area contributed by atoms with Crippen LogP contribution in [-0.4, -0.2) is 18.5 Å². The molecular weight excluding hydrogens is 248 g/mol. The van der Waals surface area contributed by atoms with Gasteiger partial charge in [-0.05, 0) is 30.0 Å². The summed E-state index contributed by atoms with van der Waals surface area (Å²) in [5.41, 5.74) is 6.96. The number of benzene rings is 1. The largest absolute Gasteiger partial charge is 0.356 e. The first-order valence-electron chi connectivity index (χ1n) is 6.25. The highest BCUT2D eigenvalue weighted by Crippen LogP contribution is 2.10.